The lowest BCUT2D eigenvalue weighted by atomic mass is 9.97. The van der Waals surface area contributed by atoms with Crippen LogP contribution in [0.3, 0.4) is 0 Å². The van der Waals surface area contributed by atoms with Gasteiger partial charge in [0.2, 0.25) is 0 Å². The number of hydrogen-bond donors (Lipinski definition) is 1. The number of aromatic nitrogens is 3. The van der Waals surface area contributed by atoms with Crippen molar-refractivity contribution in [2.45, 2.75) is 29.7 Å². The van der Waals surface area contributed by atoms with Crippen LogP contribution in [0.2, 0.25) is 0 Å². The van der Waals surface area contributed by atoms with Crippen molar-refractivity contribution in [3.63, 3.8) is 0 Å². The molecule has 1 aliphatic heterocycles. The molecular formula is C17H24ClFN4O2S. The second-order valence-corrected chi connectivity index (χ2v) is 6.95. The van der Waals surface area contributed by atoms with Crippen molar-refractivity contribution < 1.29 is 13.9 Å². The van der Waals surface area contributed by atoms with Crippen LogP contribution in [0.15, 0.2) is 17.3 Å². The molecule has 0 saturated carbocycles. The minimum absolute atomic E-state index is 0. The van der Waals surface area contributed by atoms with E-state index in [-0.39, 0.29) is 18.2 Å². The van der Waals surface area contributed by atoms with Crippen molar-refractivity contribution in [2.24, 2.45) is 7.05 Å². The van der Waals surface area contributed by atoms with Gasteiger partial charge in [0.25, 0.3) is 0 Å². The zero-order valence-corrected chi connectivity index (χ0v) is 16.8. The molecule has 1 aromatic carbocycles. The first-order valence-electron chi connectivity index (χ1n) is 8.27. The van der Waals surface area contributed by atoms with Crippen molar-refractivity contribution in [2.75, 3.05) is 27.3 Å². The Morgan fingerprint density at radius 3 is 2.50 bits per heavy atom. The number of halogens is 2. The Morgan fingerprint density at radius 2 is 1.85 bits per heavy atom. The summed E-state index contributed by atoms with van der Waals surface area (Å²) in [5, 5.41) is 12.8. The summed E-state index contributed by atoms with van der Waals surface area (Å²) in [4.78, 5) is 0. The van der Waals surface area contributed by atoms with Gasteiger partial charge in [-0.1, -0.05) is 11.8 Å². The van der Waals surface area contributed by atoms with Gasteiger partial charge in [0.15, 0.2) is 16.7 Å². The first-order chi connectivity index (χ1) is 12.1. The topological polar surface area (TPSA) is 61.2 Å². The molecule has 0 bridgehead atoms. The standard InChI is InChI=1S/C17H23FN4O2S.ClH/c1-22-16(11-4-6-19-7-5-11)20-21-17(22)25-10-12-8-14(23-2)15(24-3)9-13(12)18;/h8-9,11,19H,4-7,10H2,1-3H3;1H. The Balaban J connectivity index is 0.00000243. The molecule has 0 aliphatic carbocycles. The molecule has 0 unspecified atom stereocenters. The van der Waals surface area contributed by atoms with Gasteiger partial charge in [-0.2, -0.15) is 0 Å². The third kappa shape index (κ3) is 4.42. The zero-order chi connectivity index (χ0) is 17.8. The summed E-state index contributed by atoms with van der Waals surface area (Å²) in [6.45, 7) is 2.02. The van der Waals surface area contributed by atoms with Crippen LogP contribution in [0, 0.1) is 5.82 Å². The van der Waals surface area contributed by atoms with E-state index >= 15 is 0 Å². The van der Waals surface area contributed by atoms with Gasteiger partial charge in [0.1, 0.15) is 11.6 Å². The van der Waals surface area contributed by atoms with Gasteiger partial charge in [0, 0.05) is 30.3 Å². The van der Waals surface area contributed by atoms with Gasteiger partial charge >= 0.3 is 0 Å². The molecule has 3 rings (SSSR count). The first-order valence-corrected chi connectivity index (χ1v) is 9.25. The maximum atomic E-state index is 14.3. The molecule has 1 aromatic heterocycles. The third-order valence-corrected chi connectivity index (χ3v) is 5.55. The van der Waals surface area contributed by atoms with E-state index in [0.29, 0.717) is 28.7 Å². The van der Waals surface area contributed by atoms with Gasteiger partial charge in [-0.15, -0.1) is 22.6 Å². The van der Waals surface area contributed by atoms with Crippen LogP contribution < -0.4 is 14.8 Å². The fourth-order valence-electron chi connectivity index (χ4n) is 3.04. The highest BCUT2D eigenvalue weighted by molar-refractivity contribution is 7.98. The van der Waals surface area contributed by atoms with E-state index in [1.54, 1.807) is 13.2 Å². The summed E-state index contributed by atoms with van der Waals surface area (Å²) >= 11 is 1.47. The molecule has 0 amide bonds. The number of benzene rings is 1. The van der Waals surface area contributed by atoms with Crippen molar-refractivity contribution >= 4 is 24.2 Å². The molecule has 2 heterocycles. The molecule has 1 aliphatic rings. The van der Waals surface area contributed by atoms with Crippen LogP contribution in [0.5, 0.6) is 11.5 Å². The fraction of sp³-hybridized carbons (Fsp3) is 0.529. The monoisotopic (exact) mass is 402 g/mol. The van der Waals surface area contributed by atoms with Gasteiger partial charge in [-0.05, 0) is 32.0 Å². The van der Waals surface area contributed by atoms with Crippen LogP contribution >= 0.6 is 24.2 Å². The van der Waals surface area contributed by atoms with Crippen molar-refractivity contribution in [3.05, 3.63) is 29.3 Å². The summed E-state index contributed by atoms with van der Waals surface area (Å²) in [5.74, 6) is 2.49. The number of ether oxygens (including phenoxy) is 2. The highest BCUT2D eigenvalue weighted by Gasteiger charge is 2.22. The average Bonchev–Trinajstić information content (AvgIpc) is 3.01. The zero-order valence-electron chi connectivity index (χ0n) is 15.1. The maximum absolute atomic E-state index is 14.3. The summed E-state index contributed by atoms with van der Waals surface area (Å²) in [6.07, 6.45) is 2.14. The Kier molecular flexibility index (Phi) is 7.55. The largest absolute Gasteiger partial charge is 0.493 e. The lowest BCUT2D eigenvalue weighted by Crippen LogP contribution is -2.27. The molecule has 144 valence electrons. The van der Waals surface area contributed by atoms with Crippen molar-refractivity contribution in [1.29, 1.82) is 0 Å². The number of hydrogen-bond acceptors (Lipinski definition) is 6. The van der Waals surface area contributed by atoms with Gasteiger partial charge in [-0.25, -0.2) is 4.39 Å². The Hall–Kier alpha value is -1.51. The van der Waals surface area contributed by atoms with E-state index in [1.807, 2.05) is 11.6 Å². The summed E-state index contributed by atoms with van der Waals surface area (Å²) in [7, 11) is 5.01. The predicted octanol–water partition coefficient (Wildman–Crippen LogP) is 3.15. The molecule has 2 aromatic rings. The average molecular weight is 403 g/mol. The Labute approximate surface area is 163 Å². The van der Waals surface area contributed by atoms with E-state index in [4.69, 9.17) is 9.47 Å². The molecule has 9 heteroatoms. The maximum Gasteiger partial charge on any atom is 0.191 e. The van der Waals surface area contributed by atoms with E-state index in [1.165, 1.54) is 24.9 Å². The second kappa shape index (κ2) is 9.43. The molecule has 0 spiro atoms. The number of nitrogens with one attached hydrogen (secondary N) is 1. The molecule has 1 N–H and O–H groups in total. The quantitative estimate of drug-likeness (QED) is 0.749. The van der Waals surface area contributed by atoms with E-state index < -0.39 is 0 Å². The lowest BCUT2D eigenvalue weighted by molar-refractivity contribution is 0.352. The van der Waals surface area contributed by atoms with Crippen LogP contribution in [0.1, 0.15) is 30.1 Å². The summed E-state index contributed by atoms with van der Waals surface area (Å²) in [6, 6.07) is 3.02. The van der Waals surface area contributed by atoms with Gasteiger partial charge in [-0.3, -0.25) is 0 Å². The van der Waals surface area contributed by atoms with E-state index in [2.05, 4.69) is 15.5 Å². The second-order valence-electron chi connectivity index (χ2n) is 6.01. The van der Waals surface area contributed by atoms with Crippen LogP contribution in [-0.2, 0) is 12.8 Å². The molecule has 6 nitrogen and oxygen atoms in total. The molecule has 0 radical (unpaired) electrons. The predicted molar refractivity (Wildman–Crippen MR) is 102 cm³/mol. The number of nitrogens with zero attached hydrogens (tertiary/aromatic N) is 3. The Bertz CT molecular complexity index is 738. The number of piperidine rings is 1. The van der Waals surface area contributed by atoms with Crippen LogP contribution in [-0.4, -0.2) is 42.1 Å². The number of thioether (sulfide) groups is 1. The summed E-state index contributed by atoms with van der Waals surface area (Å²) < 4.78 is 26.7. The van der Waals surface area contributed by atoms with Crippen LogP contribution in [0.25, 0.3) is 0 Å². The first kappa shape index (κ1) is 20.8. The molecule has 26 heavy (non-hydrogen) atoms. The Morgan fingerprint density at radius 1 is 1.19 bits per heavy atom. The number of rotatable bonds is 6. The third-order valence-electron chi connectivity index (χ3n) is 4.48. The minimum Gasteiger partial charge on any atom is -0.493 e. The minimum atomic E-state index is -0.314. The fourth-order valence-corrected chi connectivity index (χ4v) is 3.93. The normalized spacial score (nSPS) is 14.8. The van der Waals surface area contributed by atoms with Crippen molar-refractivity contribution in [3.8, 4) is 11.5 Å². The molecule has 0 atom stereocenters. The molecular weight excluding hydrogens is 379 g/mol. The van der Waals surface area contributed by atoms with Gasteiger partial charge in [0.05, 0.1) is 14.2 Å². The molecule has 1 fully saturated rings. The van der Waals surface area contributed by atoms with E-state index in [0.717, 1.165) is 36.9 Å². The van der Waals surface area contributed by atoms with Crippen LogP contribution in [0.4, 0.5) is 4.39 Å². The number of methoxy groups -OCH3 is 2. The highest BCUT2D eigenvalue weighted by Crippen LogP contribution is 2.33. The summed E-state index contributed by atoms with van der Waals surface area (Å²) in [5.41, 5.74) is 0.550. The van der Waals surface area contributed by atoms with Crippen molar-refractivity contribution in [1.82, 2.24) is 20.1 Å². The highest BCUT2D eigenvalue weighted by atomic mass is 35.5. The molecule has 1 saturated heterocycles. The smallest absolute Gasteiger partial charge is 0.191 e. The SMILES string of the molecule is COc1cc(F)c(CSc2nnc(C3CCNCC3)n2C)cc1OC.Cl. The van der Waals surface area contributed by atoms with Gasteiger partial charge < -0.3 is 19.4 Å². The van der Waals surface area contributed by atoms with E-state index in [9.17, 15) is 4.39 Å². The lowest BCUT2D eigenvalue weighted by Gasteiger charge is -2.21.